The van der Waals surface area contributed by atoms with Crippen LogP contribution >= 0.6 is 0 Å². The van der Waals surface area contributed by atoms with Gasteiger partial charge in [-0.25, -0.2) is 4.68 Å². The summed E-state index contributed by atoms with van der Waals surface area (Å²) >= 11 is 0. The Bertz CT molecular complexity index is 1270. The van der Waals surface area contributed by atoms with Gasteiger partial charge in [-0.2, -0.15) is 0 Å². The van der Waals surface area contributed by atoms with E-state index in [1.54, 1.807) is 4.68 Å². The maximum absolute atomic E-state index is 12.9. The van der Waals surface area contributed by atoms with Gasteiger partial charge in [-0.1, -0.05) is 35.5 Å². The molecule has 2 N–H and O–H groups in total. The van der Waals surface area contributed by atoms with Gasteiger partial charge in [-0.15, -0.1) is 5.10 Å². The Morgan fingerprint density at radius 1 is 0.906 bits per heavy atom. The van der Waals surface area contributed by atoms with Crippen LogP contribution in [0.3, 0.4) is 0 Å². The molecule has 160 valence electrons. The largest absolute Gasteiger partial charge is 0.357 e. The second-order valence-corrected chi connectivity index (χ2v) is 7.99. The number of fused-ring (bicyclic) bond motifs is 1. The number of aromatic nitrogens is 3. The third kappa shape index (κ3) is 3.97. The minimum atomic E-state index is -0.290. The van der Waals surface area contributed by atoms with Crippen LogP contribution in [0.15, 0.2) is 72.9 Å². The second-order valence-electron chi connectivity index (χ2n) is 7.99. The topological polar surface area (TPSA) is 86.9 Å². The van der Waals surface area contributed by atoms with Crippen molar-refractivity contribution in [3.05, 3.63) is 84.2 Å². The van der Waals surface area contributed by atoms with E-state index in [2.05, 4.69) is 20.5 Å². The highest BCUT2D eigenvalue weighted by molar-refractivity contribution is 6.04. The molecular formula is C25H24N6O. The average Bonchev–Trinajstić information content (AvgIpc) is 3.35. The molecule has 0 bridgehead atoms. The summed E-state index contributed by atoms with van der Waals surface area (Å²) in [4.78, 5) is 15.1. The summed E-state index contributed by atoms with van der Waals surface area (Å²) in [5.41, 5.74) is 2.64. The fourth-order valence-electron chi connectivity index (χ4n) is 4.10. The third-order valence-corrected chi connectivity index (χ3v) is 5.85. The minimum absolute atomic E-state index is 0.290. The summed E-state index contributed by atoms with van der Waals surface area (Å²) in [6.45, 7) is 1.87. The zero-order valence-electron chi connectivity index (χ0n) is 17.7. The molecule has 7 heteroatoms. The molecule has 1 aliphatic heterocycles. The Labute approximate surface area is 186 Å². The normalized spacial score (nSPS) is 13.8. The number of carbonyl (C=O) groups excluding carboxylic acids is 1. The van der Waals surface area contributed by atoms with Crippen LogP contribution in [0, 0.1) is 5.41 Å². The smallest absolute Gasteiger partial charge is 0.276 e. The van der Waals surface area contributed by atoms with Crippen LogP contribution in [0.2, 0.25) is 0 Å². The lowest BCUT2D eigenvalue weighted by Crippen LogP contribution is -2.35. The van der Waals surface area contributed by atoms with Crippen LogP contribution < -0.4 is 5.32 Å². The van der Waals surface area contributed by atoms with Crippen LogP contribution in [0.1, 0.15) is 35.3 Å². The highest BCUT2D eigenvalue weighted by Gasteiger charge is 2.17. The third-order valence-electron chi connectivity index (χ3n) is 5.85. The van der Waals surface area contributed by atoms with Gasteiger partial charge in [-0.3, -0.25) is 10.2 Å². The molecule has 4 aromatic rings. The SMILES string of the molecule is N=C(c1ccc(NC(=O)c2cnnn2-c2ccc3ccccc3c2)cc1)N1CCCCC1. The lowest BCUT2D eigenvalue weighted by atomic mass is 10.1. The number of amides is 1. The minimum Gasteiger partial charge on any atom is -0.357 e. The Balaban J connectivity index is 1.32. The predicted octanol–water partition coefficient (Wildman–Crippen LogP) is 4.48. The quantitative estimate of drug-likeness (QED) is 0.373. The number of amidine groups is 1. The number of nitrogens with one attached hydrogen (secondary N) is 2. The van der Waals surface area contributed by atoms with Gasteiger partial charge in [0.2, 0.25) is 0 Å². The molecule has 0 radical (unpaired) electrons. The van der Waals surface area contributed by atoms with E-state index in [0.717, 1.165) is 48.0 Å². The van der Waals surface area contributed by atoms with E-state index in [9.17, 15) is 4.79 Å². The molecule has 5 rings (SSSR count). The van der Waals surface area contributed by atoms with E-state index in [1.807, 2.05) is 66.7 Å². The molecule has 2 heterocycles. The number of piperidine rings is 1. The number of likely N-dealkylation sites (tertiary alicyclic amines) is 1. The molecule has 32 heavy (non-hydrogen) atoms. The number of anilines is 1. The van der Waals surface area contributed by atoms with Crippen molar-refractivity contribution < 1.29 is 4.79 Å². The molecule has 3 aromatic carbocycles. The monoisotopic (exact) mass is 424 g/mol. The van der Waals surface area contributed by atoms with Gasteiger partial charge < -0.3 is 10.2 Å². The summed E-state index contributed by atoms with van der Waals surface area (Å²) in [7, 11) is 0. The van der Waals surface area contributed by atoms with Crippen molar-refractivity contribution >= 4 is 28.2 Å². The molecule has 0 atom stereocenters. The maximum Gasteiger partial charge on any atom is 0.276 e. The molecular weight excluding hydrogens is 400 g/mol. The van der Waals surface area contributed by atoms with Crippen molar-refractivity contribution in [2.24, 2.45) is 0 Å². The zero-order chi connectivity index (χ0) is 21.9. The van der Waals surface area contributed by atoms with Crippen molar-refractivity contribution in [2.75, 3.05) is 18.4 Å². The van der Waals surface area contributed by atoms with E-state index in [4.69, 9.17) is 5.41 Å². The Morgan fingerprint density at radius 2 is 1.66 bits per heavy atom. The number of hydrogen-bond acceptors (Lipinski definition) is 4. The summed E-state index contributed by atoms with van der Waals surface area (Å²) < 4.78 is 1.54. The van der Waals surface area contributed by atoms with Crippen LogP contribution in [0.25, 0.3) is 16.5 Å². The summed E-state index contributed by atoms with van der Waals surface area (Å²) in [5.74, 6) is 0.253. The first-order valence-electron chi connectivity index (χ1n) is 10.8. The predicted molar refractivity (Wildman–Crippen MR) is 126 cm³/mol. The van der Waals surface area contributed by atoms with E-state index >= 15 is 0 Å². The molecule has 0 saturated carbocycles. The highest BCUT2D eigenvalue weighted by atomic mass is 16.2. The molecule has 1 aromatic heterocycles. The van der Waals surface area contributed by atoms with Gasteiger partial charge in [0.25, 0.3) is 5.91 Å². The fourth-order valence-corrected chi connectivity index (χ4v) is 4.10. The van der Waals surface area contributed by atoms with Crippen molar-refractivity contribution in [3.8, 4) is 5.69 Å². The highest BCUT2D eigenvalue weighted by Crippen LogP contribution is 2.20. The lowest BCUT2D eigenvalue weighted by molar-refractivity contribution is 0.101. The van der Waals surface area contributed by atoms with Crippen LogP contribution in [-0.4, -0.2) is 44.7 Å². The van der Waals surface area contributed by atoms with Crippen LogP contribution in [0.4, 0.5) is 5.69 Å². The zero-order valence-corrected chi connectivity index (χ0v) is 17.7. The number of hydrogen-bond donors (Lipinski definition) is 2. The van der Waals surface area contributed by atoms with Gasteiger partial charge in [0.15, 0.2) is 5.69 Å². The van der Waals surface area contributed by atoms with Crippen LogP contribution in [0.5, 0.6) is 0 Å². The molecule has 1 aliphatic rings. The first-order valence-corrected chi connectivity index (χ1v) is 10.8. The Kier molecular flexibility index (Phi) is 5.37. The molecule has 7 nitrogen and oxygen atoms in total. The summed E-state index contributed by atoms with van der Waals surface area (Å²) in [5, 5.41) is 21.6. The van der Waals surface area contributed by atoms with E-state index in [1.165, 1.54) is 12.6 Å². The van der Waals surface area contributed by atoms with E-state index < -0.39 is 0 Å². The first kappa shape index (κ1) is 19.9. The number of nitrogens with zero attached hydrogens (tertiary/aromatic N) is 4. The number of rotatable bonds is 4. The number of benzene rings is 3. The maximum atomic E-state index is 12.9. The Morgan fingerprint density at radius 3 is 2.44 bits per heavy atom. The molecule has 1 saturated heterocycles. The van der Waals surface area contributed by atoms with Crippen LogP contribution in [-0.2, 0) is 0 Å². The van der Waals surface area contributed by atoms with Gasteiger partial charge in [0.1, 0.15) is 5.84 Å². The first-order chi connectivity index (χ1) is 15.7. The average molecular weight is 425 g/mol. The standard InChI is InChI=1S/C25H24N6O/c26-24(30-14-4-1-5-15-30)19-8-11-21(12-9-19)28-25(32)23-17-27-29-31(23)22-13-10-18-6-2-3-7-20(18)16-22/h2-3,6-13,16-17,26H,1,4-5,14-15H2,(H,28,32). The van der Waals surface area contributed by atoms with Crippen molar-refractivity contribution in [2.45, 2.75) is 19.3 Å². The summed E-state index contributed by atoms with van der Waals surface area (Å²) in [6, 6.07) is 21.4. The van der Waals surface area contributed by atoms with E-state index in [-0.39, 0.29) is 5.91 Å². The molecule has 0 spiro atoms. The van der Waals surface area contributed by atoms with Gasteiger partial charge >= 0.3 is 0 Å². The summed E-state index contributed by atoms with van der Waals surface area (Å²) in [6.07, 6.45) is 4.97. The Hall–Kier alpha value is -4.00. The van der Waals surface area contributed by atoms with Crippen molar-refractivity contribution in [1.82, 2.24) is 19.9 Å². The molecule has 0 unspecified atom stereocenters. The van der Waals surface area contributed by atoms with Crippen molar-refractivity contribution in [1.29, 1.82) is 5.41 Å². The molecule has 0 aliphatic carbocycles. The fraction of sp³-hybridized carbons (Fsp3) is 0.200. The van der Waals surface area contributed by atoms with Gasteiger partial charge in [-0.05, 0) is 66.4 Å². The second kappa shape index (κ2) is 8.63. The molecule has 1 fully saturated rings. The van der Waals surface area contributed by atoms with E-state index in [0.29, 0.717) is 17.2 Å². The van der Waals surface area contributed by atoms with Gasteiger partial charge in [0.05, 0.1) is 11.9 Å². The molecule has 1 amide bonds. The van der Waals surface area contributed by atoms with Gasteiger partial charge in [0, 0.05) is 24.3 Å². The lowest BCUT2D eigenvalue weighted by Gasteiger charge is -2.29. The van der Waals surface area contributed by atoms with Crippen molar-refractivity contribution in [3.63, 3.8) is 0 Å². The number of carbonyl (C=O) groups is 1.